The van der Waals surface area contributed by atoms with Crippen LogP contribution in [-0.4, -0.2) is 6.54 Å². The highest BCUT2D eigenvalue weighted by Crippen LogP contribution is 2.12. The minimum atomic E-state index is 0. The van der Waals surface area contributed by atoms with Gasteiger partial charge in [0.25, 0.3) is 0 Å². The van der Waals surface area contributed by atoms with Gasteiger partial charge in [-0.2, -0.15) is 0 Å². The summed E-state index contributed by atoms with van der Waals surface area (Å²) in [7, 11) is 0. The third kappa shape index (κ3) is 34.3. The average Bonchev–Trinajstić information content (AvgIpc) is 2.35. The van der Waals surface area contributed by atoms with Gasteiger partial charge in [0.05, 0.1) is 0 Å². The fourth-order valence-corrected chi connectivity index (χ4v) is 2.34. The molecule has 0 heterocycles. The summed E-state index contributed by atoms with van der Waals surface area (Å²) in [5.41, 5.74) is 5.47. The summed E-state index contributed by atoms with van der Waals surface area (Å²) in [6, 6.07) is 0. The van der Waals surface area contributed by atoms with E-state index in [1.54, 1.807) is 0 Å². The van der Waals surface area contributed by atoms with Crippen molar-refractivity contribution in [2.45, 2.75) is 96.8 Å². The van der Waals surface area contributed by atoms with Crippen LogP contribution in [0.4, 0.5) is 0 Å². The van der Waals surface area contributed by atoms with Gasteiger partial charge in [0, 0.05) is 0 Å². The molecular formula is C16H39Br4N. The quantitative estimate of drug-likeness (QED) is 0.215. The van der Waals surface area contributed by atoms with Gasteiger partial charge in [-0.3, -0.25) is 0 Å². The second-order valence-corrected chi connectivity index (χ2v) is 5.38. The molecule has 5 heteroatoms. The first-order valence-corrected chi connectivity index (χ1v) is 8.12. The lowest BCUT2D eigenvalue weighted by atomic mass is 10.0. The van der Waals surface area contributed by atoms with E-state index in [1.807, 2.05) is 0 Å². The maximum absolute atomic E-state index is 5.47. The molecule has 0 aliphatic carbocycles. The Morgan fingerprint density at radius 2 is 0.667 bits per heavy atom. The van der Waals surface area contributed by atoms with E-state index >= 15 is 0 Å². The van der Waals surface area contributed by atoms with Crippen molar-refractivity contribution in [2.75, 3.05) is 6.54 Å². The molecule has 0 aromatic carbocycles. The van der Waals surface area contributed by atoms with Crippen molar-refractivity contribution in [3.8, 4) is 0 Å². The second-order valence-electron chi connectivity index (χ2n) is 5.38. The molecule has 0 unspecified atom stereocenters. The van der Waals surface area contributed by atoms with Crippen LogP contribution in [-0.2, 0) is 0 Å². The number of hydrogen-bond donors (Lipinski definition) is 1. The Morgan fingerprint density at radius 3 is 0.905 bits per heavy atom. The summed E-state index contributed by atoms with van der Waals surface area (Å²) in [5.74, 6) is 0. The lowest BCUT2D eigenvalue weighted by Crippen LogP contribution is -1.97. The van der Waals surface area contributed by atoms with Crippen LogP contribution in [0.1, 0.15) is 96.8 Å². The van der Waals surface area contributed by atoms with Crippen molar-refractivity contribution < 1.29 is 0 Å². The molecule has 21 heavy (non-hydrogen) atoms. The van der Waals surface area contributed by atoms with Crippen LogP contribution >= 0.6 is 67.9 Å². The molecule has 136 valence electrons. The smallest absolute Gasteiger partial charge is 0.00773 e. The largest absolute Gasteiger partial charge is 0.330 e. The number of nitrogens with two attached hydrogens (primary N) is 1. The van der Waals surface area contributed by atoms with E-state index in [0.29, 0.717) is 0 Å². The zero-order valence-corrected chi connectivity index (χ0v) is 20.7. The summed E-state index contributed by atoms with van der Waals surface area (Å²) in [6.07, 6.45) is 19.9. The van der Waals surface area contributed by atoms with Crippen LogP contribution in [0.5, 0.6) is 0 Å². The van der Waals surface area contributed by atoms with E-state index in [9.17, 15) is 0 Å². The lowest BCUT2D eigenvalue weighted by Gasteiger charge is -2.02. The normalized spacial score (nSPS) is 8.86. The maximum Gasteiger partial charge on any atom is -0.00773 e. The molecule has 0 atom stereocenters. The predicted molar refractivity (Wildman–Crippen MR) is 121 cm³/mol. The van der Waals surface area contributed by atoms with E-state index in [-0.39, 0.29) is 67.9 Å². The van der Waals surface area contributed by atoms with E-state index in [4.69, 9.17) is 5.73 Å². The van der Waals surface area contributed by atoms with Crippen LogP contribution in [0, 0.1) is 0 Å². The van der Waals surface area contributed by atoms with Gasteiger partial charge in [-0.05, 0) is 13.0 Å². The summed E-state index contributed by atoms with van der Waals surface area (Å²) in [4.78, 5) is 0. The predicted octanol–water partition coefficient (Wildman–Crippen LogP) is 7.74. The number of halogens is 4. The average molecular weight is 565 g/mol. The van der Waals surface area contributed by atoms with Gasteiger partial charge < -0.3 is 5.73 Å². The van der Waals surface area contributed by atoms with Crippen LogP contribution in [0.3, 0.4) is 0 Å². The van der Waals surface area contributed by atoms with Gasteiger partial charge >= 0.3 is 0 Å². The molecule has 0 spiro atoms. The van der Waals surface area contributed by atoms with Crippen molar-refractivity contribution >= 4 is 67.9 Å². The van der Waals surface area contributed by atoms with Gasteiger partial charge in [0.15, 0.2) is 0 Å². The zero-order valence-electron chi connectivity index (χ0n) is 13.8. The van der Waals surface area contributed by atoms with Crippen LogP contribution in [0.25, 0.3) is 0 Å². The van der Waals surface area contributed by atoms with Crippen LogP contribution in [0.2, 0.25) is 0 Å². The number of rotatable bonds is 14. The molecule has 0 fully saturated rings. The molecule has 1 nitrogen and oxygen atoms in total. The van der Waals surface area contributed by atoms with Crippen molar-refractivity contribution in [3.63, 3.8) is 0 Å². The molecule has 0 aliphatic heterocycles. The first kappa shape index (κ1) is 34.3. The molecule has 0 aromatic rings. The van der Waals surface area contributed by atoms with Crippen molar-refractivity contribution in [2.24, 2.45) is 5.73 Å². The highest BCUT2D eigenvalue weighted by molar-refractivity contribution is 8.93. The van der Waals surface area contributed by atoms with E-state index < -0.39 is 0 Å². The van der Waals surface area contributed by atoms with E-state index in [1.165, 1.54) is 89.9 Å². The van der Waals surface area contributed by atoms with E-state index in [2.05, 4.69) is 6.92 Å². The summed E-state index contributed by atoms with van der Waals surface area (Å²) in [6.45, 7) is 3.16. The molecule has 0 saturated carbocycles. The van der Waals surface area contributed by atoms with Crippen LogP contribution in [0.15, 0.2) is 0 Å². The molecule has 0 bridgehead atoms. The fraction of sp³-hybridized carbons (Fsp3) is 1.00. The van der Waals surface area contributed by atoms with Gasteiger partial charge in [-0.15, -0.1) is 67.9 Å². The van der Waals surface area contributed by atoms with Crippen molar-refractivity contribution in [3.05, 3.63) is 0 Å². The highest BCUT2D eigenvalue weighted by Gasteiger charge is 1.93. The summed E-state index contributed by atoms with van der Waals surface area (Å²) >= 11 is 0. The monoisotopic (exact) mass is 561 g/mol. The fourth-order valence-electron chi connectivity index (χ4n) is 2.34. The van der Waals surface area contributed by atoms with Gasteiger partial charge in [-0.1, -0.05) is 90.4 Å². The Balaban J connectivity index is -0.000000213. The zero-order chi connectivity index (χ0) is 12.6. The number of unbranched alkanes of at least 4 members (excludes halogenated alkanes) is 13. The second kappa shape index (κ2) is 33.5. The van der Waals surface area contributed by atoms with Gasteiger partial charge in [0.2, 0.25) is 0 Å². The minimum Gasteiger partial charge on any atom is -0.330 e. The molecule has 0 radical (unpaired) electrons. The summed E-state index contributed by atoms with van der Waals surface area (Å²) in [5, 5.41) is 0. The van der Waals surface area contributed by atoms with Crippen molar-refractivity contribution in [1.29, 1.82) is 0 Å². The third-order valence-electron chi connectivity index (χ3n) is 3.56. The Kier molecular flexibility index (Phi) is 54.6. The first-order valence-electron chi connectivity index (χ1n) is 8.12. The Morgan fingerprint density at radius 1 is 0.429 bits per heavy atom. The number of hydrogen-bond acceptors (Lipinski definition) is 1. The Labute approximate surface area is 176 Å². The Bertz CT molecular complexity index is 123. The molecular weight excluding hydrogens is 526 g/mol. The summed E-state index contributed by atoms with van der Waals surface area (Å²) < 4.78 is 0. The minimum absolute atomic E-state index is 0. The molecule has 0 aliphatic rings. The van der Waals surface area contributed by atoms with Gasteiger partial charge in [0.1, 0.15) is 0 Å². The van der Waals surface area contributed by atoms with Crippen LogP contribution < -0.4 is 5.73 Å². The highest BCUT2D eigenvalue weighted by atomic mass is 79.9. The van der Waals surface area contributed by atoms with Gasteiger partial charge in [-0.25, -0.2) is 0 Å². The first-order chi connectivity index (χ1) is 8.41. The SMILES string of the molecule is Br.Br.Br.Br.CCCCCCCCCCCCCCCCN. The lowest BCUT2D eigenvalue weighted by molar-refractivity contribution is 0.536. The maximum atomic E-state index is 5.47. The Hall–Kier alpha value is 1.88. The molecule has 0 rings (SSSR count). The van der Waals surface area contributed by atoms with E-state index in [0.717, 1.165) is 6.54 Å². The molecule has 0 amide bonds. The topological polar surface area (TPSA) is 26.0 Å². The molecule has 2 N–H and O–H groups in total. The third-order valence-corrected chi connectivity index (χ3v) is 3.56. The molecule has 0 aromatic heterocycles. The molecule has 0 saturated heterocycles. The van der Waals surface area contributed by atoms with Crippen molar-refractivity contribution in [1.82, 2.24) is 0 Å². The standard InChI is InChI=1S/C16H35N.4BrH/c1-2-3-4-5-6-7-8-9-10-11-12-13-14-15-16-17;;;;/h2-17H2,1H3;4*1H.